The summed E-state index contributed by atoms with van der Waals surface area (Å²) < 4.78 is 2.06. The second-order valence-electron chi connectivity index (χ2n) is 5.00. The second kappa shape index (κ2) is 7.52. The Morgan fingerprint density at radius 3 is 2.79 bits per heavy atom. The quantitative estimate of drug-likeness (QED) is 0.697. The van der Waals surface area contributed by atoms with E-state index in [1.807, 2.05) is 36.5 Å². The van der Waals surface area contributed by atoms with Gasteiger partial charge < -0.3 is 9.67 Å². The standard InChI is InChI=1S/C18H15N3O2S/c22-18(23)9-6-15-12-20-17(24-15)8-7-16-19-10-11-21(16)13-14-4-2-1-3-5-14/h1-12H,13H2,(H,22,23)/b8-7+,9-6+. The van der Waals surface area contributed by atoms with Gasteiger partial charge in [0.05, 0.1) is 0 Å². The molecule has 0 aliphatic carbocycles. The number of thiazole rings is 1. The number of carboxylic acids is 1. The van der Waals surface area contributed by atoms with Crippen LogP contribution in [0.15, 0.2) is 55.0 Å². The molecule has 0 spiro atoms. The van der Waals surface area contributed by atoms with Crippen molar-refractivity contribution in [3.05, 3.63) is 76.3 Å². The lowest BCUT2D eigenvalue weighted by Gasteiger charge is -2.04. The molecule has 6 heteroatoms. The van der Waals surface area contributed by atoms with Crippen molar-refractivity contribution in [2.75, 3.05) is 0 Å². The fraction of sp³-hybridized carbons (Fsp3) is 0.0556. The highest BCUT2D eigenvalue weighted by molar-refractivity contribution is 7.13. The molecule has 0 amide bonds. The molecule has 5 nitrogen and oxygen atoms in total. The van der Waals surface area contributed by atoms with Gasteiger partial charge in [0.15, 0.2) is 0 Å². The lowest BCUT2D eigenvalue weighted by Crippen LogP contribution is -2.00. The maximum Gasteiger partial charge on any atom is 0.328 e. The van der Waals surface area contributed by atoms with Gasteiger partial charge in [-0.2, -0.15) is 0 Å². The molecule has 24 heavy (non-hydrogen) atoms. The summed E-state index contributed by atoms with van der Waals surface area (Å²) in [6.07, 6.45) is 11.8. The highest BCUT2D eigenvalue weighted by atomic mass is 32.1. The first kappa shape index (κ1) is 15.9. The molecule has 0 aliphatic heterocycles. The van der Waals surface area contributed by atoms with E-state index in [2.05, 4.69) is 26.7 Å². The maximum absolute atomic E-state index is 10.5. The molecule has 0 atom stereocenters. The van der Waals surface area contributed by atoms with Gasteiger partial charge in [0.2, 0.25) is 0 Å². The van der Waals surface area contributed by atoms with Crippen molar-refractivity contribution in [1.29, 1.82) is 0 Å². The zero-order valence-corrected chi connectivity index (χ0v) is 13.6. The van der Waals surface area contributed by atoms with Gasteiger partial charge in [-0.05, 0) is 23.8 Å². The van der Waals surface area contributed by atoms with E-state index in [9.17, 15) is 4.79 Å². The van der Waals surface area contributed by atoms with Crippen LogP contribution in [0.5, 0.6) is 0 Å². The summed E-state index contributed by atoms with van der Waals surface area (Å²) in [5, 5.41) is 9.43. The van der Waals surface area contributed by atoms with Crippen LogP contribution in [0.25, 0.3) is 18.2 Å². The van der Waals surface area contributed by atoms with Crippen LogP contribution in [0.4, 0.5) is 0 Å². The zero-order chi connectivity index (χ0) is 16.8. The third-order valence-electron chi connectivity index (χ3n) is 3.25. The Hall–Kier alpha value is -2.99. The van der Waals surface area contributed by atoms with Gasteiger partial charge in [0, 0.05) is 36.1 Å². The predicted molar refractivity (Wildman–Crippen MR) is 95.5 cm³/mol. The lowest BCUT2D eigenvalue weighted by molar-refractivity contribution is -0.131. The van der Waals surface area contributed by atoms with E-state index in [0.29, 0.717) is 0 Å². The summed E-state index contributed by atoms with van der Waals surface area (Å²) in [7, 11) is 0. The molecule has 2 heterocycles. The molecule has 1 N–H and O–H groups in total. The van der Waals surface area contributed by atoms with E-state index < -0.39 is 5.97 Å². The summed E-state index contributed by atoms with van der Waals surface area (Å²) in [6.45, 7) is 0.755. The Morgan fingerprint density at radius 1 is 1.17 bits per heavy atom. The normalized spacial score (nSPS) is 11.5. The van der Waals surface area contributed by atoms with Gasteiger partial charge in [-0.25, -0.2) is 14.8 Å². The largest absolute Gasteiger partial charge is 0.478 e. The van der Waals surface area contributed by atoms with E-state index in [0.717, 1.165) is 28.3 Å². The van der Waals surface area contributed by atoms with Crippen LogP contribution >= 0.6 is 11.3 Å². The molecular weight excluding hydrogens is 322 g/mol. The molecule has 0 radical (unpaired) electrons. The zero-order valence-electron chi connectivity index (χ0n) is 12.7. The van der Waals surface area contributed by atoms with Crippen LogP contribution < -0.4 is 0 Å². The molecular formula is C18H15N3O2S. The highest BCUT2D eigenvalue weighted by Crippen LogP contribution is 2.17. The van der Waals surface area contributed by atoms with Crippen molar-refractivity contribution in [2.24, 2.45) is 0 Å². The van der Waals surface area contributed by atoms with E-state index in [-0.39, 0.29) is 0 Å². The molecule has 120 valence electrons. The van der Waals surface area contributed by atoms with Crippen LogP contribution in [0.1, 0.15) is 21.3 Å². The number of aliphatic carboxylic acids is 1. The molecule has 0 fully saturated rings. The first-order valence-electron chi connectivity index (χ1n) is 7.31. The predicted octanol–water partition coefficient (Wildman–Crippen LogP) is 3.66. The van der Waals surface area contributed by atoms with Crippen LogP contribution in [-0.2, 0) is 11.3 Å². The van der Waals surface area contributed by atoms with E-state index in [1.165, 1.54) is 23.0 Å². The van der Waals surface area contributed by atoms with Gasteiger partial charge in [0.1, 0.15) is 10.8 Å². The van der Waals surface area contributed by atoms with Crippen LogP contribution in [0, 0.1) is 0 Å². The fourth-order valence-corrected chi connectivity index (χ4v) is 2.87. The smallest absolute Gasteiger partial charge is 0.328 e. The minimum absolute atomic E-state index is 0.755. The van der Waals surface area contributed by atoms with Crippen molar-refractivity contribution < 1.29 is 9.90 Å². The topological polar surface area (TPSA) is 68.0 Å². The Morgan fingerprint density at radius 2 is 2.00 bits per heavy atom. The number of carboxylic acid groups (broad SMARTS) is 1. The summed E-state index contributed by atoms with van der Waals surface area (Å²) in [4.78, 5) is 19.9. The SMILES string of the molecule is O=C(O)/C=C/c1cnc(/C=C/c2nccn2Cc2ccccc2)s1. The van der Waals surface area contributed by atoms with Crippen molar-refractivity contribution in [1.82, 2.24) is 14.5 Å². The Labute approximate surface area is 143 Å². The van der Waals surface area contributed by atoms with Gasteiger partial charge >= 0.3 is 5.97 Å². The van der Waals surface area contributed by atoms with E-state index in [1.54, 1.807) is 12.4 Å². The molecule has 0 unspecified atom stereocenters. The first-order chi connectivity index (χ1) is 11.7. The number of nitrogens with zero attached hydrogens (tertiary/aromatic N) is 3. The Kier molecular flexibility index (Phi) is 4.98. The van der Waals surface area contributed by atoms with Gasteiger partial charge in [-0.1, -0.05) is 30.3 Å². The third-order valence-corrected chi connectivity index (χ3v) is 4.18. The number of benzene rings is 1. The number of hydrogen-bond acceptors (Lipinski definition) is 4. The van der Waals surface area contributed by atoms with Crippen molar-refractivity contribution in [3.8, 4) is 0 Å². The maximum atomic E-state index is 10.5. The molecule has 0 bridgehead atoms. The van der Waals surface area contributed by atoms with Gasteiger partial charge in [-0.15, -0.1) is 11.3 Å². The number of hydrogen-bond donors (Lipinski definition) is 1. The highest BCUT2D eigenvalue weighted by Gasteiger charge is 2.01. The van der Waals surface area contributed by atoms with Crippen LogP contribution in [0.2, 0.25) is 0 Å². The average Bonchev–Trinajstić information content (AvgIpc) is 3.21. The van der Waals surface area contributed by atoms with Gasteiger partial charge in [-0.3, -0.25) is 0 Å². The molecule has 0 saturated carbocycles. The summed E-state index contributed by atoms with van der Waals surface area (Å²) >= 11 is 1.42. The Bertz CT molecular complexity index is 879. The minimum atomic E-state index is -0.969. The number of imidazole rings is 1. The molecule has 2 aromatic heterocycles. The summed E-state index contributed by atoms with van der Waals surface area (Å²) in [5.41, 5.74) is 1.21. The third kappa shape index (κ3) is 4.27. The van der Waals surface area contributed by atoms with Gasteiger partial charge in [0.25, 0.3) is 0 Å². The molecule has 3 rings (SSSR count). The molecule has 0 aliphatic rings. The Balaban J connectivity index is 1.71. The monoisotopic (exact) mass is 337 g/mol. The first-order valence-corrected chi connectivity index (χ1v) is 8.12. The molecule has 3 aromatic rings. The van der Waals surface area contributed by atoms with Crippen molar-refractivity contribution in [2.45, 2.75) is 6.54 Å². The number of carbonyl (C=O) groups is 1. The second-order valence-corrected chi connectivity index (χ2v) is 6.10. The molecule has 1 aromatic carbocycles. The summed E-state index contributed by atoms with van der Waals surface area (Å²) in [6, 6.07) is 10.2. The average molecular weight is 337 g/mol. The minimum Gasteiger partial charge on any atom is -0.478 e. The molecule has 0 saturated heterocycles. The van der Waals surface area contributed by atoms with E-state index in [4.69, 9.17) is 5.11 Å². The van der Waals surface area contributed by atoms with Crippen LogP contribution in [0.3, 0.4) is 0 Å². The lowest BCUT2D eigenvalue weighted by atomic mass is 10.2. The number of rotatable bonds is 6. The van der Waals surface area contributed by atoms with Crippen molar-refractivity contribution >= 4 is 35.5 Å². The van der Waals surface area contributed by atoms with Crippen LogP contribution in [-0.4, -0.2) is 25.6 Å². The fourth-order valence-electron chi connectivity index (χ4n) is 2.15. The summed E-state index contributed by atoms with van der Waals surface area (Å²) in [5.74, 6) is -0.125. The number of aromatic nitrogens is 3. The van der Waals surface area contributed by atoms with E-state index >= 15 is 0 Å². The van der Waals surface area contributed by atoms with Crippen molar-refractivity contribution in [3.63, 3.8) is 0 Å².